The van der Waals surface area contributed by atoms with Crippen LogP contribution in [0.4, 0.5) is 0 Å². The van der Waals surface area contributed by atoms with Gasteiger partial charge in [-0.2, -0.15) is 0 Å². The van der Waals surface area contributed by atoms with E-state index in [0.29, 0.717) is 10.8 Å². The van der Waals surface area contributed by atoms with E-state index in [0.717, 1.165) is 10.1 Å². The van der Waals surface area contributed by atoms with E-state index in [-0.39, 0.29) is 11.0 Å². The summed E-state index contributed by atoms with van der Waals surface area (Å²) in [5, 5.41) is 10.5. The standard InChI is InChI=1S/C12H11ClO3S/c1-6(2)16-10-8-4-3-7(13)5-9(8)17-11(10)12(14)15/h3-6H,1-2H3,(H,14,15). The first-order valence-electron chi connectivity index (χ1n) is 5.11. The van der Waals surface area contributed by atoms with Gasteiger partial charge in [-0.15, -0.1) is 11.3 Å². The van der Waals surface area contributed by atoms with Crippen molar-refractivity contribution in [2.75, 3.05) is 0 Å². The van der Waals surface area contributed by atoms with Gasteiger partial charge in [-0.3, -0.25) is 0 Å². The Morgan fingerprint density at radius 2 is 2.18 bits per heavy atom. The minimum atomic E-state index is -0.974. The molecule has 0 aliphatic heterocycles. The molecule has 2 rings (SSSR count). The van der Waals surface area contributed by atoms with Crippen LogP contribution in [0.5, 0.6) is 5.75 Å². The van der Waals surface area contributed by atoms with E-state index >= 15 is 0 Å². The molecule has 2 aromatic rings. The van der Waals surface area contributed by atoms with E-state index in [4.69, 9.17) is 21.4 Å². The molecule has 0 radical (unpaired) electrons. The Morgan fingerprint density at radius 3 is 2.76 bits per heavy atom. The number of thiophene rings is 1. The zero-order chi connectivity index (χ0) is 12.6. The van der Waals surface area contributed by atoms with Crippen LogP contribution in [0.25, 0.3) is 10.1 Å². The van der Waals surface area contributed by atoms with E-state index in [9.17, 15) is 4.79 Å². The van der Waals surface area contributed by atoms with Crippen LogP contribution in [-0.2, 0) is 0 Å². The third-order valence-electron chi connectivity index (χ3n) is 2.15. The molecule has 0 fully saturated rings. The van der Waals surface area contributed by atoms with Gasteiger partial charge in [0, 0.05) is 15.1 Å². The average molecular weight is 271 g/mol. The van der Waals surface area contributed by atoms with Gasteiger partial charge in [-0.1, -0.05) is 11.6 Å². The molecule has 0 saturated carbocycles. The van der Waals surface area contributed by atoms with Crippen LogP contribution in [0.3, 0.4) is 0 Å². The molecule has 0 unspecified atom stereocenters. The first-order chi connectivity index (χ1) is 7.99. The van der Waals surface area contributed by atoms with E-state index in [1.807, 2.05) is 13.8 Å². The monoisotopic (exact) mass is 270 g/mol. The van der Waals surface area contributed by atoms with Gasteiger partial charge in [-0.05, 0) is 32.0 Å². The number of carboxylic acids is 1. The van der Waals surface area contributed by atoms with Gasteiger partial charge >= 0.3 is 5.97 Å². The molecule has 90 valence electrons. The van der Waals surface area contributed by atoms with Crippen LogP contribution in [0.1, 0.15) is 23.5 Å². The number of aromatic carboxylic acids is 1. The van der Waals surface area contributed by atoms with Crippen molar-refractivity contribution in [1.82, 2.24) is 0 Å². The highest BCUT2D eigenvalue weighted by Gasteiger charge is 2.20. The SMILES string of the molecule is CC(C)Oc1c(C(=O)O)sc2cc(Cl)ccc12. The fourth-order valence-corrected chi connectivity index (χ4v) is 2.79. The Balaban J connectivity index is 2.66. The average Bonchev–Trinajstić information content (AvgIpc) is 2.55. The van der Waals surface area contributed by atoms with Crippen LogP contribution in [0.15, 0.2) is 18.2 Å². The lowest BCUT2D eigenvalue weighted by Crippen LogP contribution is -2.08. The third-order valence-corrected chi connectivity index (χ3v) is 3.51. The predicted molar refractivity (Wildman–Crippen MR) is 69.6 cm³/mol. The molecule has 0 aliphatic rings. The van der Waals surface area contributed by atoms with E-state index in [1.54, 1.807) is 18.2 Å². The number of carbonyl (C=O) groups is 1. The number of fused-ring (bicyclic) bond motifs is 1. The molecule has 1 heterocycles. The molecule has 1 aromatic carbocycles. The Morgan fingerprint density at radius 1 is 1.47 bits per heavy atom. The minimum Gasteiger partial charge on any atom is -0.489 e. The van der Waals surface area contributed by atoms with E-state index < -0.39 is 5.97 Å². The van der Waals surface area contributed by atoms with E-state index in [1.165, 1.54) is 11.3 Å². The lowest BCUT2D eigenvalue weighted by Gasteiger charge is -2.09. The third kappa shape index (κ3) is 2.37. The fraction of sp³-hybridized carbons (Fsp3) is 0.250. The minimum absolute atomic E-state index is 0.0680. The second-order valence-corrected chi connectivity index (χ2v) is 5.36. The van der Waals surface area contributed by atoms with Crippen LogP contribution < -0.4 is 4.74 Å². The molecular formula is C12H11ClO3S. The molecule has 0 saturated heterocycles. The van der Waals surface area contributed by atoms with E-state index in [2.05, 4.69) is 0 Å². The maximum absolute atomic E-state index is 11.2. The highest BCUT2D eigenvalue weighted by Crippen LogP contribution is 2.39. The Kier molecular flexibility index (Phi) is 3.26. The van der Waals surface area contributed by atoms with Gasteiger partial charge in [0.2, 0.25) is 0 Å². The molecule has 0 atom stereocenters. The quantitative estimate of drug-likeness (QED) is 0.915. The normalized spacial score (nSPS) is 11.1. The molecule has 3 nitrogen and oxygen atoms in total. The lowest BCUT2D eigenvalue weighted by atomic mass is 10.2. The van der Waals surface area contributed by atoms with Gasteiger partial charge in [0.1, 0.15) is 0 Å². The van der Waals surface area contributed by atoms with Gasteiger partial charge in [-0.25, -0.2) is 4.79 Å². The Hall–Kier alpha value is -1.26. The molecule has 0 spiro atoms. The van der Waals surface area contributed by atoms with Crippen LogP contribution in [0.2, 0.25) is 5.02 Å². The number of carboxylic acid groups (broad SMARTS) is 1. The number of hydrogen-bond donors (Lipinski definition) is 1. The summed E-state index contributed by atoms with van der Waals surface area (Å²) in [6.07, 6.45) is -0.0680. The summed E-state index contributed by atoms with van der Waals surface area (Å²) in [6, 6.07) is 5.27. The van der Waals surface area contributed by atoms with Crippen LogP contribution >= 0.6 is 22.9 Å². The topological polar surface area (TPSA) is 46.5 Å². The summed E-state index contributed by atoms with van der Waals surface area (Å²) < 4.78 is 6.41. The number of halogens is 1. The molecule has 1 aromatic heterocycles. The number of benzene rings is 1. The lowest BCUT2D eigenvalue weighted by molar-refractivity contribution is 0.0697. The smallest absolute Gasteiger partial charge is 0.349 e. The maximum Gasteiger partial charge on any atom is 0.349 e. The first kappa shape index (κ1) is 12.2. The van der Waals surface area contributed by atoms with Gasteiger partial charge in [0.15, 0.2) is 10.6 Å². The highest BCUT2D eigenvalue weighted by molar-refractivity contribution is 7.21. The fourth-order valence-electron chi connectivity index (χ4n) is 1.54. The molecule has 17 heavy (non-hydrogen) atoms. The van der Waals surface area contributed by atoms with Gasteiger partial charge in [0.05, 0.1) is 6.10 Å². The molecule has 0 bridgehead atoms. The van der Waals surface area contributed by atoms with Crippen molar-refractivity contribution in [1.29, 1.82) is 0 Å². The van der Waals surface area contributed by atoms with Crippen molar-refractivity contribution < 1.29 is 14.6 Å². The van der Waals surface area contributed by atoms with Crippen LogP contribution in [0, 0.1) is 0 Å². The molecule has 1 N–H and O–H groups in total. The molecular weight excluding hydrogens is 260 g/mol. The molecule has 0 aliphatic carbocycles. The summed E-state index contributed by atoms with van der Waals surface area (Å²) in [7, 11) is 0. The zero-order valence-electron chi connectivity index (χ0n) is 9.36. The van der Waals surface area contributed by atoms with Crippen molar-refractivity contribution in [2.45, 2.75) is 20.0 Å². The Bertz CT molecular complexity index is 574. The summed E-state index contributed by atoms with van der Waals surface area (Å²) in [5.41, 5.74) is 0. The predicted octanol–water partition coefficient (Wildman–Crippen LogP) is 4.04. The number of hydrogen-bond acceptors (Lipinski definition) is 3. The van der Waals surface area contributed by atoms with Gasteiger partial charge < -0.3 is 9.84 Å². The van der Waals surface area contributed by atoms with Gasteiger partial charge in [0.25, 0.3) is 0 Å². The first-order valence-corrected chi connectivity index (χ1v) is 6.30. The summed E-state index contributed by atoms with van der Waals surface area (Å²) >= 11 is 7.06. The molecule has 5 heteroatoms. The number of rotatable bonds is 3. The van der Waals surface area contributed by atoms with Crippen molar-refractivity contribution in [3.05, 3.63) is 28.1 Å². The highest BCUT2D eigenvalue weighted by atomic mass is 35.5. The zero-order valence-corrected chi connectivity index (χ0v) is 10.9. The maximum atomic E-state index is 11.2. The second-order valence-electron chi connectivity index (χ2n) is 3.87. The summed E-state index contributed by atoms with van der Waals surface area (Å²) in [6.45, 7) is 3.73. The van der Waals surface area contributed by atoms with Crippen molar-refractivity contribution in [3.63, 3.8) is 0 Å². The Labute approximate surface area is 108 Å². The summed E-state index contributed by atoms with van der Waals surface area (Å²) in [5.74, 6) is -0.540. The second kappa shape index (κ2) is 4.55. The van der Waals surface area contributed by atoms with Crippen molar-refractivity contribution in [3.8, 4) is 5.75 Å². The largest absolute Gasteiger partial charge is 0.489 e. The van der Waals surface area contributed by atoms with Crippen molar-refractivity contribution >= 4 is 39.0 Å². The van der Waals surface area contributed by atoms with Crippen LogP contribution in [-0.4, -0.2) is 17.2 Å². The van der Waals surface area contributed by atoms with Crippen molar-refractivity contribution in [2.24, 2.45) is 0 Å². The summed E-state index contributed by atoms with van der Waals surface area (Å²) in [4.78, 5) is 11.4. The molecule has 0 amide bonds. The number of ether oxygens (including phenoxy) is 1.